The van der Waals surface area contributed by atoms with E-state index in [2.05, 4.69) is 16.9 Å². The summed E-state index contributed by atoms with van der Waals surface area (Å²) in [5.41, 5.74) is 0.899. The van der Waals surface area contributed by atoms with Gasteiger partial charge in [0.25, 0.3) is 0 Å². The lowest BCUT2D eigenvalue weighted by atomic mass is 10.1. The zero-order chi connectivity index (χ0) is 23.0. The second-order valence-corrected chi connectivity index (χ2v) is 8.53. The van der Waals surface area contributed by atoms with Gasteiger partial charge in [0.15, 0.2) is 11.6 Å². The second kappa shape index (κ2) is 15.4. The number of aromatic nitrogens is 2. The van der Waals surface area contributed by atoms with Crippen LogP contribution in [0.3, 0.4) is 0 Å². The van der Waals surface area contributed by atoms with Gasteiger partial charge in [-0.15, -0.1) is 0 Å². The summed E-state index contributed by atoms with van der Waals surface area (Å²) in [5.74, 6) is 1.43. The minimum atomic E-state index is -0.257. The van der Waals surface area contributed by atoms with Gasteiger partial charge in [-0.3, -0.25) is 4.79 Å². The Balaban J connectivity index is 1.64. The lowest BCUT2D eigenvalue weighted by Crippen LogP contribution is -2.17. The van der Waals surface area contributed by atoms with Crippen LogP contribution in [0, 0.1) is 5.92 Å². The van der Waals surface area contributed by atoms with E-state index < -0.39 is 0 Å². The molecule has 1 aromatic carbocycles. The normalized spacial score (nSPS) is 11.8. The van der Waals surface area contributed by atoms with Gasteiger partial charge < -0.3 is 9.47 Å². The number of hydrogen-bond acceptors (Lipinski definition) is 5. The van der Waals surface area contributed by atoms with Gasteiger partial charge in [-0.05, 0) is 37.1 Å². The first-order valence-corrected chi connectivity index (χ1v) is 12.4. The van der Waals surface area contributed by atoms with E-state index in [1.54, 1.807) is 0 Å². The van der Waals surface area contributed by atoms with Crippen molar-refractivity contribution < 1.29 is 14.3 Å². The number of carbonyl (C=O) groups is 1. The molecule has 2 aromatic rings. The smallest absolute Gasteiger partial charge is 0.314 e. The maximum Gasteiger partial charge on any atom is 0.314 e. The van der Waals surface area contributed by atoms with E-state index in [0.717, 1.165) is 30.8 Å². The molecule has 0 aliphatic heterocycles. The molecule has 0 spiro atoms. The van der Waals surface area contributed by atoms with Crippen LogP contribution in [0.15, 0.2) is 36.7 Å². The molecule has 5 nitrogen and oxygen atoms in total. The van der Waals surface area contributed by atoms with E-state index in [-0.39, 0.29) is 11.9 Å². The third kappa shape index (κ3) is 9.80. The van der Waals surface area contributed by atoms with Crippen LogP contribution in [0.4, 0.5) is 0 Å². The molecule has 176 valence electrons. The fourth-order valence-electron chi connectivity index (χ4n) is 3.38. The van der Waals surface area contributed by atoms with Crippen molar-refractivity contribution in [3.63, 3.8) is 0 Å². The molecule has 0 radical (unpaired) electrons. The maximum absolute atomic E-state index is 11.9. The highest BCUT2D eigenvalue weighted by Gasteiger charge is 2.13. The van der Waals surface area contributed by atoms with Crippen molar-refractivity contribution in [2.24, 2.45) is 5.92 Å². The van der Waals surface area contributed by atoms with Gasteiger partial charge in [-0.25, -0.2) is 9.97 Å². The number of esters is 1. The average Bonchev–Trinajstić information content (AvgIpc) is 2.83. The lowest BCUT2D eigenvalue weighted by Gasteiger charge is -2.09. The Labute approximate surface area is 194 Å². The number of hydrogen-bond donors (Lipinski definition) is 0. The molecule has 1 atom stereocenters. The van der Waals surface area contributed by atoms with Gasteiger partial charge in [0.1, 0.15) is 5.75 Å². The molecule has 0 aliphatic rings. The van der Waals surface area contributed by atoms with Gasteiger partial charge in [0, 0.05) is 5.56 Å². The second-order valence-electron chi connectivity index (χ2n) is 8.53. The molecule has 0 saturated carbocycles. The van der Waals surface area contributed by atoms with Gasteiger partial charge in [-0.2, -0.15) is 0 Å². The van der Waals surface area contributed by atoms with E-state index in [0.29, 0.717) is 11.6 Å². The van der Waals surface area contributed by atoms with Gasteiger partial charge in [-0.1, -0.05) is 78.6 Å². The number of unbranched alkanes of at least 4 members (excludes halogenated alkanes) is 9. The van der Waals surface area contributed by atoms with Crippen molar-refractivity contribution in [3.05, 3.63) is 36.7 Å². The first kappa shape index (κ1) is 25.8. The molecule has 0 aliphatic carbocycles. The Morgan fingerprint density at radius 2 is 1.38 bits per heavy atom. The minimum absolute atomic E-state index is 0.137. The molecule has 1 unspecified atom stereocenters. The third-order valence-corrected chi connectivity index (χ3v) is 5.74. The number of benzene rings is 1. The van der Waals surface area contributed by atoms with Crippen molar-refractivity contribution in [2.75, 3.05) is 6.61 Å². The van der Waals surface area contributed by atoms with Crippen LogP contribution < -0.4 is 9.47 Å². The number of ether oxygens (including phenoxy) is 2. The Hall–Kier alpha value is -2.43. The highest BCUT2D eigenvalue weighted by atomic mass is 16.5. The predicted octanol–water partition coefficient (Wildman–Crippen LogP) is 7.39. The number of rotatable bonds is 16. The molecule has 1 heterocycles. The van der Waals surface area contributed by atoms with E-state index in [9.17, 15) is 4.79 Å². The van der Waals surface area contributed by atoms with Crippen molar-refractivity contribution in [3.8, 4) is 22.9 Å². The Morgan fingerprint density at radius 3 is 1.94 bits per heavy atom. The molecule has 0 amide bonds. The summed E-state index contributed by atoms with van der Waals surface area (Å²) < 4.78 is 11.2. The minimum Gasteiger partial charge on any atom is -0.494 e. The Morgan fingerprint density at radius 1 is 0.812 bits per heavy atom. The maximum atomic E-state index is 11.9. The molecule has 5 heteroatoms. The monoisotopic (exact) mass is 440 g/mol. The van der Waals surface area contributed by atoms with Gasteiger partial charge >= 0.3 is 5.97 Å². The van der Waals surface area contributed by atoms with E-state index >= 15 is 0 Å². The summed E-state index contributed by atoms with van der Waals surface area (Å²) in [6, 6.07) is 7.81. The largest absolute Gasteiger partial charge is 0.494 e. The average molecular weight is 441 g/mol. The Bertz CT molecular complexity index is 759. The molecular weight excluding hydrogens is 400 g/mol. The van der Waals surface area contributed by atoms with E-state index in [4.69, 9.17) is 9.47 Å². The standard InChI is InChI=1S/C27H40N2O3/c1-4-6-7-8-9-10-11-12-13-14-19-31-24-17-15-23(16-18-24)26-28-20-25(21-29-26)32-27(30)22(3)5-2/h15-18,20-22H,4-14,19H2,1-3H3. The molecule has 0 fully saturated rings. The van der Waals surface area contributed by atoms with Gasteiger partial charge in [0.2, 0.25) is 0 Å². The lowest BCUT2D eigenvalue weighted by molar-refractivity contribution is -0.138. The van der Waals surface area contributed by atoms with Crippen molar-refractivity contribution in [2.45, 2.75) is 91.4 Å². The topological polar surface area (TPSA) is 61.3 Å². The van der Waals surface area contributed by atoms with Crippen LogP contribution in [0.25, 0.3) is 11.4 Å². The third-order valence-electron chi connectivity index (χ3n) is 5.74. The van der Waals surface area contributed by atoms with Crippen LogP contribution in [0.2, 0.25) is 0 Å². The SMILES string of the molecule is CCCCCCCCCCCCOc1ccc(-c2ncc(OC(=O)C(C)CC)cn2)cc1. The zero-order valence-corrected chi connectivity index (χ0v) is 20.1. The zero-order valence-electron chi connectivity index (χ0n) is 20.1. The fourth-order valence-corrected chi connectivity index (χ4v) is 3.38. The van der Waals surface area contributed by atoms with Crippen molar-refractivity contribution >= 4 is 5.97 Å². The van der Waals surface area contributed by atoms with E-state index in [1.165, 1.54) is 70.2 Å². The summed E-state index contributed by atoms with van der Waals surface area (Å²) in [6.07, 6.45) is 17.0. The highest BCUT2D eigenvalue weighted by Crippen LogP contribution is 2.21. The highest BCUT2D eigenvalue weighted by molar-refractivity contribution is 5.74. The molecule has 0 N–H and O–H groups in total. The summed E-state index contributed by atoms with van der Waals surface area (Å²) in [7, 11) is 0. The Kier molecular flexibility index (Phi) is 12.4. The summed E-state index contributed by atoms with van der Waals surface area (Å²) >= 11 is 0. The van der Waals surface area contributed by atoms with E-state index in [1.807, 2.05) is 38.1 Å². The van der Waals surface area contributed by atoms with Crippen molar-refractivity contribution in [1.82, 2.24) is 9.97 Å². The molecular formula is C27H40N2O3. The van der Waals surface area contributed by atoms with Crippen LogP contribution in [0.5, 0.6) is 11.5 Å². The quantitative estimate of drug-likeness (QED) is 0.201. The fraction of sp³-hybridized carbons (Fsp3) is 0.593. The van der Waals surface area contributed by atoms with Crippen LogP contribution in [-0.4, -0.2) is 22.5 Å². The van der Waals surface area contributed by atoms with Gasteiger partial charge in [0.05, 0.1) is 24.9 Å². The first-order chi connectivity index (χ1) is 15.6. The predicted molar refractivity (Wildman–Crippen MR) is 130 cm³/mol. The number of nitrogens with zero attached hydrogens (tertiary/aromatic N) is 2. The van der Waals surface area contributed by atoms with Crippen molar-refractivity contribution in [1.29, 1.82) is 0 Å². The molecule has 2 rings (SSSR count). The summed E-state index contributed by atoms with van der Waals surface area (Å²) in [5, 5.41) is 0. The molecule has 0 saturated heterocycles. The molecule has 32 heavy (non-hydrogen) atoms. The number of carbonyl (C=O) groups excluding carboxylic acids is 1. The molecule has 1 aromatic heterocycles. The summed E-state index contributed by atoms with van der Waals surface area (Å²) in [4.78, 5) is 20.5. The van der Waals surface area contributed by atoms with Crippen LogP contribution in [-0.2, 0) is 4.79 Å². The first-order valence-electron chi connectivity index (χ1n) is 12.4. The van der Waals surface area contributed by atoms with Crippen LogP contribution >= 0.6 is 0 Å². The van der Waals surface area contributed by atoms with Crippen LogP contribution in [0.1, 0.15) is 91.4 Å². The molecule has 0 bridgehead atoms. The summed E-state index contributed by atoms with van der Waals surface area (Å²) in [6.45, 7) is 6.82.